The van der Waals surface area contributed by atoms with E-state index >= 15 is 0 Å². The minimum absolute atomic E-state index is 1.18. The van der Waals surface area contributed by atoms with Crippen LogP contribution in [0.15, 0.2) is 0 Å². The van der Waals surface area contributed by atoms with E-state index in [1.165, 1.54) is 121 Å². The van der Waals surface area contributed by atoms with Crippen molar-refractivity contribution >= 4 is 8.56 Å². The normalized spacial score (nSPS) is 12.0. The summed E-state index contributed by atoms with van der Waals surface area (Å²) in [5, 5.41) is 0. The van der Waals surface area contributed by atoms with Gasteiger partial charge in [0.05, 0.1) is 0 Å². The lowest BCUT2D eigenvalue weighted by atomic mass is 10.1. The van der Waals surface area contributed by atoms with Crippen molar-refractivity contribution in [3.05, 3.63) is 0 Å². The molecule has 0 saturated carbocycles. The van der Waals surface area contributed by atoms with Crippen LogP contribution in [0.4, 0.5) is 0 Å². The van der Waals surface area contributed by atoms with Gasteiger partial charge < -0.3 is 8.85 Å². The third-order valence-corrected chi connectivity index (χ3v) is 9.54. The van der Waals surface area contributed by atoms with Crippen LogP contribution in [0.25, 0.3) is 0 Å². The molecular weight excluding hydrogens is 336 g/mol. The third kappa shape index (κ3) is 15.2. The maximum atomic E-state index is 5.92. The van der Waals surface area contributed by atoms with Crippen LogP contribution in [0.1, 0.15) is 123 Å². The molecule has 0 heterocycles. The van der Waals surface area contributed by atoms with E-state index in [4.69, 9.17) is 8.85 Å². The molecule has 0 spiro atoms. The summed E-state index contributed by atoms with van der Waals surface area (Å²) in [6, 6.07) is 2.37. The second-order valence-corrected chi connectivity index (χ2v) is 11.8. The van der Waals surface area contributed by atoms with Crippen LogP contribution in [0, 0.1) is 0 Å². The third-order valence-electron chi connectivity index (χ3n) is 5.82. The summed E-state index contributed by atoms with van der Waals surface area (Å²) in [5.41, 5.74) is 0. The predicted octanol–water partition coefficient (Wildman–Crippen LogP) is 8.39. The van der Waals surface area contributed by atoms with E-state index in [2.05, 4.69) is 13.8 Å². The molecule has 0 unspecified atom stereocenters. The zero-order valence-corrected chi connectivity index (χ0v) is 19.8. The number of rotatable bonds is 21. The lowest BCUT2D eigenvalue weighted by Gasteiger charge is -2.27. The van der Waals surface area contributed by atoms with Gasteiger partial charge in [0.1, 0.15) is 0 Å². The molecule has 0 aromatic heterocycles. The number of hydrogen-bond acceptors (Lipinski definition) is 2. The SMILES string of the molecule is CCCCCCCCCCCCC[Si](CCCCCCCC)(OC)OC. The fourth-order valence-corrected chi connectivity index (χ4v) is 6.66. The maximum absolute atomic E-state index is 5.92. The monoisotopic (exact) mass is 386 g/mol. The first-order chi connectivity index (χ1) is 12.7. The first-order valence-electron chi connectivity index (χ1n) is 11.8. The number of hydrogen-bond donors (Lipinski definition) is 0. The fraction of sp³-hybridized carbons (Fsp3) is 1.00. The average Bonchev–Trinajstić information content (AvgIpc) is 2.67. The Hall–Kier alpha value is 0.137. The van der Waals surface area contributed by atoms with Gasteiger partial charge in [-0.25, -0.2) is 0 Å². The van der Waals surface area contributed by atoms with Crippen molar-refractivity contribution in [3.8, 4) is 0 Å². The lowest BCUT2D eigenvalue weighted by Crippen LogP contribution is -2.39. The van der Waals surface area contributed by atoms with E-state index in [1.807, 2.05) is 14.2 Å². The summed E-state index contributed by atoms with van der Waals surface area (Å²) in [6.45, 7) is 4.57. The molecule has 2 nitrogen and oxygen atoms in total. The van der Waals surface area contributed by atoms with Crippen LogP contribution in [-0.2, 0) is 8.85 Å². The molecule has 0 amide bonds. The van der Waals surface area contributed by atoms with Gasteiger partial charge in [-0.3, -0.25) is 0 Å². The Bertz CT molecular complexity index is 267. The Balaban J connectivity index is 3.63. The summed E-state index contributed by atoms with van der Waals surface area (Å²) in [4.78, 5) is 0. The van der Waals surface area contributed by atoms with Crippen molar-refractivity contribution in [2.75, 3.05) is 14.2 Å². The van der Waals surface area contributed by atoms with Crippen LogP contribution in [-0.4, -0.2) is 22.8 Å². The van der Waals surface area contributed by atoms with Crippen molar-refractivity contribution in [2.24, 2.45) is 0 Å². The summed E-state index contributed by atoms with van der Waals surface area (Å²) < 4.78 is 11.8. The lowest BCUT2D eigenvalue weighted by molar-refractivity contribution is 0.238. The van der Waals surface area contributed by atoms with Crippen LogP contribution in [0.2, 0.25) is 12.1 Å². The zero-order valence-electron chi connectivity index (χ0n) is 18.8. The zero-order chi connectivity index (χ0) is 19.3. The van der Waals surface area contributed by atoms with Crippen LogP contribution in [0.5, 0.6) is 0 Å². The van der Waals surface area contributed by atoms with E-state index in [0.29, 0.717) is 0 Å². The highest BCUT2D eigenvalue weighted by Crippen LogP contribution is 2.25. The van der Waals surface area contributed by atoms with Gasteiger partial charge in [0, 0.05) is 14.2 Å². The van der Waals surface area contributed by atoms with E-state index < -0.39 is 8.56 Å². The summed E-state index contributed by atoms with van der Waals surface area (Å²) in [6.07, 6.45) is 23.6. The van der Waals surface area contributed by atoms with Gasteiger partial charge in [-0.1, -0.05) is 123 Å². The Morgan fingerprint density at radius 1 is 0.423 bits per heavy atom. The second kappa shape index (κ2) is 19.9. The van der Waals surface area contributed by atoms with Crippen molar-refractivity contribution in [1.29, 1.82) is 0 Å². The van der Waals surface area contributed by atoms with Gasteiger partial charge in [-0.2, -0.15) is 0 Å². The summed E-state index contributed by atoms with van der Waals surface area (Å²) >= 11 is 0. The molecule has 0 rings (SSSR count). The molecule has 0 aromatic carbocycles. The maximum Gasteiger partial charge on any atom is 0.337 e. The Morgan fingerprint density at radius 3 is 0.962 bits per heavy atom. The fourth-order valence-electron chi connectivity index (χ4n) is 3.85. The molecule has 26 heavy (non-hydrogen) atoms. The Kier molecular flexibility index (Phi) is 20.0. The Labute approximate surface area is 167 Å². The van der Waals surface area contributed by atoms with E-state index in [-0.39, 0.29) is 0 Å². The Morgan fingerprint density at radius 2 is 0.692 bits per heavy atom. The van der Waals surface area contributed by atoms with Crippen molar-refractivity contribution in [3.63, 3.8) is 0 Å². The van der Waals surface area contributed by atoms with Crippen LogP contribution >= 0.6 is 0 Å². The quantitative estimate of drug-likeness (QED) is 0.146. The number of unbranched alkanes of at least 4 members (excludes halogenated alkanes) is 15. The van der Waals surface area contributed by atoms with Gasteiger partial charge in [-0.05, 0) is 12.1 Å². The predicted molar refractivity (Wildman–Crippen MR) is 119 cm³/mol. The van der Waals surface area contributed by atoms with Gasteiger partial charge in [0.2, 0.25) is 0 Å². The molecule has 3 heteroatoms. The molecule has 0 aliphatic carbocycles. The minimum Gasteiger partial charge on any atom is -0.398 e. The summed E-state index contributed by atoms with van der Waals surface area (Å²) in [5.74, 6) is 0. The first kappa shape index (κ1) is 26.1. The average molecular weight is 387 g/mol. The highest BCUT2D eigenvalue weighted by molar-refractivity contribution is 6.67. The minimum atomic E-state index is -1.91. The van der Waals surface area contributed by atoms with E-state index in [1.54, 1.807) is 0 Å². The van der Waals surface area contributed by atoms with E-state index in [9.17, 15) is 0 Å². The molecule has 0 atom stereocenters. The standard InChI is InChI=1S/C23H50O2Si/c1-5-7-9-11-13-14-15-16-17-19-21-23-26(24-3,25-4)22-20-18-12-10-8-6-2/h5-23H2,1-4H3. The highest BCUT2D eigenvalue weighted by Gasteiger charge is 2.33. The van der Waals surface area contributed by atoms with Crippen LogP contribution in [0.3, 0.4) is 0 Å². The molecule has 0 bridgehead atoms. The molecule has 0 N–H and O–H groups in total. The molecular formula is C23H50O2Si. The van der Waals surface area contributed by atoms with Crippen molar-refractivity contribution < 1.29 is 8.85 Å². The van der Waals surface area contributed by atoms with Gasteiger partial charge in [-0.15, -0.1) is 0 Å². The molecule has 158 valence electrons. The molecule has 0 aliphatic rings. The van der Waals surface area contributed by atoms with E-state index in [0.717, 1.165) is 0 Å². The summed E-state index contributed by atoms with van der Waals surface area (Å²) in [7, 11) is 1.85. The highest BCUT2D eigenvalue weighted by atomic mass is 28.4. The molecule has 0 aliphatic heterocycles. The van der Waals surface area contributed by atoms with Gasteiger partial charge in [0.25, 0.3) is 0 Å². The van der Waals surface area contributed by atoms with Gasteiger partial charge >= 0.3 is 8.56 Å². The first-order valence-corrected chi connectivity index (χ1v) is 14.1. The smallest absolute Gasteiger partial charge is 0.337 e. The molecule has 0 radical (unpaired) electrons. The molecule has 0 saturated heterocycles. The van der Waals surface area contributed by atoms with Crippen molar-refractivity contribution in [1.82, 2.24) is 0 Å². The van der Waals surface area contributed by atoms with Crippen molar-refractivity contribution in [2.45, 2.75) is 135 Å². The second-order valence-electron chi connectivity index (χ2n) is 8.12. The van der Waals surface area contributed by atoms with Gasteiger partial charge in [0.15, 0.2) is 0 Å². The topological polar surface area (TPSA) is 18.5 Å². The largest absolute Gasteiger partial charge is 0.398 e. The molecule has 0 fully saturated rings. The molecule has 0 aromatic rings. The van der Waals surface area contributed by atoms with Crippen LogP contribution < -0.4 is 0 Å².